The number of rotatable bonds is 11. The number of nitrogens with one attached hydrogen (secondary N) is 2. The standard InChI is InChI=1S/C19H39N3O5/c1-13(23)22-14-8-26-15(16(21-6)17(14)24-7)9-25-12-19(4,5)27-11-18(2,3)10-20/h14-17,21H,8-12,20H2,1-7H3,(H,22,23)/t14-,15-,16+,17-/m1/s1. The number of carbonyl (C=O) groups is 1. The first-order valence-corrected chi connectivity index (χ1v) is 9.56. The molecule has 1 aliphatic rings. The molecule has 0 radical (unpaired) electrons. The van der Waals surface area contributed by atoms with Crippen LogP contribution in [0.2, 0.25) is 0 Å². The molecule has 0 bridgehead atoms. The molecular formula is C19H39N3O5. The minimum Gasteiger partial charge on any atom is -0.377 e. The van der Waals surface area contributed by atoms with E-state index in [0.717, 1.165) is 0 Å². The summed E-state index contributed by atoms with van der Waals surface area (Å²) in [5.74, 6) is -0.102. The third-order valence-electron chi connectivity index (χ3n) is 4.77. The van der Waals surface area contributed by atoms with Crippen molar-refractivity contribution < 1.29 is 23.7 Å². The molecule has 0 aromatic heterocycles. The number of ether oxygens (including phenoxy) is 4. The summed E-state index contributed by atoms with van der Waals surface area (Å²) < 4.78 is 23.5. The molecule has 1 heterocycles. The average Bonchev–Trinajstić information content (AvgIpc) is 2.60. The number of carbonyl (C=O) groups excluding carboxylic acids is 1. The summed E-state index contributed by atoms with van der Waals surface area (Å²) in [5, 5.41) is 6.12. The van der Waals surface area contributed by atoms with Crippen LogP contribution in [0.15, 0.2) is 0 Å². The third kappa shape index (κ3) is 8.01. The predicted molar refractivity (Wildman–Crippen MR) is 105 cm³/mol. The van der Waals surface area contributed by atoms with Gasteiger partial charge in [-0.15, -0.1) is 0 Å². The molecule has 8 nitrogen and oxygen atoms in total. The summed E-state index contributed by atoms with van der Waals surface area (Å²) in [6.07, 6.45) is -0.378. The van der Waals surface area contributed by atoms with Crippen molar-refractivity contribution in [1.29, 1.82) is 0 Å². The van der Waals surface area contributed by atoms with Crippen LogP contribution in [0.3, 0.4) is 0 Å². The van der Waals surface area contributed by atoms with Crippen LogP contribution in [-0.2, 0) is 23.7 Å². The van der Waals surface area contributed by atoms with E-state index in [0.29, 0.717) is 33.0 Å². The van der Waals surface area contributed by atoms with Crippen LogP contribution in [0.25, 0.3) is 0 Å². The van der Waals surface area contributed by atoms with Gasteiger partial charge in [0, 0.05) is 19.4 Å². The normalized spacial score (nSPS) is 26.8. The number of methoxy groups -OCH3 is 1. The van der Waals surface area contributed by atoms with E-state index in [1.54, 1.807) is 7.11 Å². The second-order valence-electron chi connectivity index (χ2n) is 8.63. The Bertz CT molecular complexity index is 459. The zero-order valence-corrected chi connectivity index (χ0v) is 18.0. The minimum absolute atomic E-state index is 0.0641. The Morgan fingerprint density at radius 2 is 1.93 bits per heavy atom. The maximum Gasteiger partial charge on any atom is 0.217 e. The number of amides is 1. The Morgan fingerprint density at radius 3 is 2.44 bits per heavy atom. The highest BCUT2D eigenvalue weighted by atomic mass is 16.6. The molecule has 1 saturated heterocycles. The van der Waals surface area contributed by atoms with E-state index >= 15 is 0 Å². The van der Waals surface area contributed by atoms with Crippen LogP contribution in [-0.4, -0.2) is 82.9 Å². The van der Waals surface area contributed by atoms with Crippen molar-refractivity contribution in [1.82, 2.24) is 10.6 Å². The van der Waals surface area contributed by atoms with Gasteiger partial charge in [-0.05, 0) is 27.4 Å². The molecule has 1 amide bonds. The maximum absolute atomic E-state index is 11.4. The highest BCUT2D eigenvalue weighted by Crippen LogP contribution is 2.21. The Balaban J connectivity index is 2.54. The maximum atomic E-state index is 11.4. The molecule has 4 atom stereocenters. The molecule has 8 heteroatoms. The lowest BCUT2D eigenvalue weighted by Gasteiger charge is -2.42. The molecule has 27 heavy (non-hydrogen) atoms. The first kappa shape index (κ1) is 24.3. The van der Waals surface area contributed by atoms with Crippen LogP contribution in [0.1, 0.15) is 34.6 Å². The van der Waals surface area contributed by atoms with Crippen LogP contribution >= 0.6 is 0 Å². The summed E-state index contributed by atoms with van der Waals surface area (Å²) >= 11 is 0. The fourth-order valence-electron chi connectivity index (χ4n) is 3.00. The van der Waals surface area contributed by atoms with Crippen LogP contribution < -0.4 is 16.4 Å². The van der Waals surface area contributed by atoms with E-state index in [9.17, 15) is 4.79 Å². The number of hydrogen-bond donors (Lipinski definition) is 3. The van der Waals surface area contributed by atoms with Gasteiger partial charge in [0.1, 0.15) is 0 Å². The zero-order chi connectivity index (χ0) is 20.7. The molecule has 0 saturated carbocycles. The number of hydrogen-bond acceptors (Lipinski definition) is 7. The summed E-state index contributed by atoms with van der Waals surface area (Å²) in [7, 11) is 3.49. The van der Waals surface area contributed by atoms with E-state index in [1.165, 1.54) is 6.92 Å². The molecule has 1 fully saturated rings. The lowest BCUT2D eigenvalue weighted by molar-refractivity contribution is -0.149. The molecule has 0 spiro atoms. The molecule has 0 unspecified atom stereocenters. The monoisotopic (exact) mass is 389 g/mol. The minimum atomic E-state index is -0.421. The van der Waals surface area contributed by atoms with Gasteiger partial charge in [-0.25, -0.2) is 0 Å². The highest BCUT2D eigenvalue weighted by molar-refractivity contribution is 5.73. The van der Waals surface area contributed by atoms with Gasteiger partial charge in [0.25, 0.3) is 0 Å². The van der Waals surface area contributed by atoms with E-state index in [2.05, 4.69) is 24.5 Å². The molecule has 4 N–H and O–H groups in total. The summed E-state index contributed by atoms with van der Waals surface area (Å²) in [6.45, 7) is 12.0. The van der Waals surface area contributed by atoms with Gasteiger partial charge in [-0.1, -0.05) is 13.8 Å². The van der Waals surface area contributed by atoms with Gasteiger partial charge in [0.05, 0.1) is 56.3 Å². The number of likely N-dealkylation sites (N-methyl/N-ethyl adjacent to an activating group) is 1. The Hall–Kier alpha value is -0.770. The second-order valence-corrected chi connectivity index (χ2v) is 8.63. The van der Waals surface area contributed by atoms with Crippen molar-refractivity contribution in [2.24, 2.45) is 11.1 Å². The lowest BCUT2D eigenvalue weighted by Crippen LogP contribution is -2.64. The van der Waals surface area contributed by atoms with Gasteiger partial charge in [0.15, 0.2) is 0 Å². The Morgan fingerprint density at radius 1 is 1.26 bits per heavy atom. The van der Waals surface area contributed by atoms with Crippen molar-refractivity contribution in [2.45, 2.75) is 64.5 Å². The molecular weight excluding hydrogens is 350 g/mol. The van der Waals surface area contributed by atoms with Gasteiger partial charge < -0.3 is 35.3 Å². The van der Waals surface area contributed by atoms with E-state index in [-0.39, 0.29) is 35.6 Å². The first-order chi connectivity index (χ1) is 12.5. The fraction of sp³-hybridized carbons (Fsp3) is 0.947. The average molecular weight is 390 g/mol. The summed E-state index contributed by atoms with van der Waals surface area (Å²) in [4.78, 5) is 11.4. The molecule has 1 aliphatic heterocycles. The van der Waals surface area contributed by atoms with Crippen LogP contribution in [0.4, 0.5) is 0 Å². The molecule has 0 aliphatic carbocycles. The molecule has 160 valence electrons. The van der Waals surface area contributed by atoms with Crippen molar-refractivity contribution in [3.8, 4) is 0 Å². The van der Waals surface area contributed by atoms with Crippen molar-refractivity contribution in [2.75, 3.05) is 47.1 Å². The highest BCUT2D eigenvalue weighted by Gasteiger charge is 2.40. The van der Waals surface area contributed by atoms with Crippen LogP contribution in [0, 0.1) is 5.41 Å². The fourth-order valence-corrected chi connectivity index (χ4v) is 3.00. The number of nitrogens with two attached hydrogens (primary N) is 1. The third-order valence-corrected chi connectivity index (χ3v) is 4.77. The van der Waals surface area contributed by atoms with E-state index in [4.69, 9.17) is 24.7 Å². The molecule has 0 aromatic carbocycles. The van der Waals surface area contributed by atoms with Crippen LogP contribution in [0.5, 0.6) is 0 Å². The quantitative estimate of drug-likeness (QED) is 0.466. The van der Waals surface area contributed by atoms with E-state index in [1.807, 2.05) is 20.9 Å². The Kier molecular flexibility index (Phi) is 9.61. The van der Waals surface area contributed by atoms with Gasteiger partial charge in [0.2, 0.25) is 5.91 Å². The van der Waals surface area contributed by atoms with E-state index < -0.39 is 5.60 Å². The SMILES string of the molecule is CN[C@@H]1[C@H](OC)[C@H](NC(C)=O)CO[C@@H]1COCC(C)(C)OCC(C)(C)CN. The topological polar surface area (TPSA) is 104 Å². The largest absolute Gasteiger partial charge is 0.377 e. The second kappa shape index (κ2) is 10.7. The Labute approximate surface area is 163 Å². The predicted octanol–water partition coefficient (Wildman–Crippen LogP) is 0.290. The van der Waals surface area contributed by atoms with Crippen molar-refractivity contribution in [3.05, 3.63) is 0 Å². The smallest absolute Gasteiger partial charge is 0.217 e. The molecule has 1 rings (SSSR count). The van der Waals surface area contributed by atoms with Gasteiger partial charge in [-0.2, -0.15) is 0 Å². The van der Waals surface area contributed by atoms with Gasteiger partial charge in [-0.3, -0.25) is 4.79 Å². The zero-order valence-electron chi connectivity index (χ0n) is 18.0. The van der Waals surface area contributed by atoms with Gasteiger partial charge >= 0.3 is 0 Å². The first-order valence-electron chi connectivity index (χ1n) is 9.56. The summed E-state index contributed by atoms with van der Waals surface area (Å²) in [5.41, 5.74) is 5.27. The molecule has 0 aromatic rings. The van der Waals surface area contributed by atoms with Crippen molar-refractivity contribution in [3.63, 3.8) is 0 Å². The summed E-state index contributed by atoms with van der Waals surface area (Å²) in [6, 6.07) is -0.291. The lowest BCUT2D eigenvalue weighted by atomic mass is 9.95. The van der Waals surface area contributed by atoms with Crippen molar-refractivity contribution >= 4 is 5.91 Å².